The number of nitro groups is 1. The number of phenolic OH excluding ortho intramolecular Hbond substituents is 1. The number of hydrogen-bond acceptors (Lipinski definition) is 5. The van der Waals surface area contributed by atoms with Gasteiger partial charge in [0.15, 0.2) is 0 Å². The number of nitrogens with zero attached hydrogens (tertiary/aromatic N) is 2. The largest absolute Gasteiger partial charge is 0.508 e. The van der Waals surface area contributed by atoms with Crippen LogP contribution in [0.1, 0.15) is 5.56 Å². The Balaban J connectivity index is 1.97. The van der Waals surface area contributed by atoms with E-state index in [1.165, 1.54) is 31.4 Å². The molecule has 0 saturated heterocycles. The summed E-state index contributed by atoms with van der Waals surface area (Å²) in [6, 6.07) is 10.7. The Morgan fingerprint density at radius 1 is 1.14 bits per heavy atom. The van der Waals surface area contributed by atoms with E-state index in [2.05, 4.69) is 5.32 Å². The number of nitro benzene ring substituents is 1. The molecule has 1 aliphatic heterocycles. The standard InChI is InChI=1S/C20H15N3O5/c1-28-14-8-9-22(10-14)11-15-19-16(21-20(15)25)6-7-17(23(26)27)18(19)12-2-4-13(24)5-3-12/h2-11,24H,1H3,(H,21,25). The van der Waals surface area contributed by atoms with Crippen molar-refractivity contribution in [2.24, 2.45) is 0 Å². The maximum atomic E-state index is 12.6. The zero-order valence-corrected chi connectivity index (χ0v) is 14.7. The van der Waals surface area contributed by atoms with Gasteiger partial charge in [0, 0.05) is 24.0 Å². The SMILES string of the molecule is COc1ccn(C=C2C(=O)Nc3ccc([N+](=O)[O-])c(-c4ccc(O)cc4)c32)c1. The van der Waals surface area contributed by atoms with E-state index in [9.17, 15) is 20.0 Å². The smallest absolute Gasteiger partial charge is 0.277 e. The van der Waals surface area contributed by atoms with Gasteiger partial charge in [-0.1, -0.05) is 12.1 Å². The van der Waals surface area contributed by atoms with Crippen LogP contribution < -0.4 is 10.1 Å². The van der Waals surface area contributed by atoms with E-state index >= 15 is 0 Å². The Morgan fingerprint density at radius 2 is 1.89 bits per heavy atom. The van der Waals surface area contributed by atoms with Gasteiger partial charge in [0.1, 0.15) is 11.5 Å². The second-order valence-corrected chi connectivity index (χ2v) is 6.18. The van der Waals surface area contributed by atoms with Crippen molar-refractivity contribution >= 4 is 29.1 Å². The van der Waals surface area contributed by atoms with Gasteiger partial charge in [0.25, 0.3) is 11.6 Å². The third-order valence-electron chi connectivity index (χ3n) is 4.50. The fourth-order valence-electron chi connectivity index (χ4n) is 3.22. The zero-order chi connectivity index (χ0) is 19.8. The van der Waals surface area contributed by atoms with E-state index in [1.807, 2.05) is 0 Å². The summed E-state index contributed by atoms with van der Waals surface area (Å²) in [5, 5.41) is 24.0. The summed E-state index contributed by atoms with van der Waals surface area (Å²) in [5.41, 5.74) is 1.93. The highest BCUT2D eigenvalue weighted by Crippen LogP contribution is 2.45. The second-order valence-electron chi connectivity index (χ2n) is 6.18. The molecule has 2 N–H and O–H groups in total. The number of carbonyl (C=O) groups excluding carboxylic acids is 1. The van der Waals surface area contributed by atoms with Crippen LogP contribution in [0.3, 0.4) is 0 Å². The molecule has 0 saturated carbocycles. The molecular formula is C20H15N3O5. The van der Waals surface area contributed by atoms with Crippen LogP contribution in [0.5, 0.6) is 11.5 Å². The molecule has 28 heavy (non-hydrogen) atoms. The molecule has 1 aliphatic rings. The molecule has 0 atom stereocenters. The van der Waals surface area contributed by atoms with Crippen LogP contribution >= 0.6 is 0 Å². The van der Waals surface area contributed by atoms with Crippen molar-refractivity contribution in [2.75, 3.05) is 12.4 Å². The highest BCUT2D eigenvalue weighted by molar-refractivity contribution is 6.36. The van der Waals surface area contributed by atoms with Gasteiger partial charge >= 0.3 is 0 Å². The molecule has 0 spiro atoms. The number of ether oxygens (including phenoxy) is 1. The van der Waals surface area contributed by atoms with Crippen LogP contribution in [0.4, 0.5) is 11.4 Å². The summed E-state index contributed by atoms with van der Waals surface area (Å²) in [4.78, 5) is 23.8. The minimum absolute atomic E-state index is 0.0448. The fraction of sp³-hybridized carbons (Fsp3) is 0.0500. The number of rotatable bonds is 4. The maximum absolute atomic E-state index is 12.6. The molecule has 2 aromatic carbocycles. The molecule has 4 rings (SSSR count). The fourth-order valence-corrected chi connectivity index (χ4v) is 3.22. The molecule has 3 aromatic rings. The van der Waals surface area contributed by atoms with Gasteiger partial charge in [0.05, 0.1) is 35.1 Å². The van der Waals surface area contributed by atoms with Crippen molar-refractivity contribution in [1.82, 2.24) is 4.57 Å². The van der Waals surface area contributed by atoms with Gasteiger partial charge < -0.3 is 19.7 Å². The van der Waals surface area contributed by atoms with Crippen LogP contribution in [-0.4, -0.2) is 27.6 Å². The van der Waals surface area contributed by atoms with E-state index in [1.54, 1.807) is 41.4 Å². The van der Waals surface area contributed by atoms with Gasteiger partial charge in [-0.05, 0) is 29.8 Å². The Morgan fingerprint density at radius 3 is 2.54 bits per heavy atom. The number of hydrogen-bond donors (Lipinski definition) is 2. The first-order valence-electron chi connectivity index (χ1n) is 8.33. The summed E-state index contributed by atoms with van der Waals surface area (Å²) in [7, 11) is 1.54. The molecule has 1 amide bonds. The van der Waals surface area contributed by atoms with E-state index in [-0.39, 0.29) is 17.3 Å². The van der Waals surface area contributed by atoms with Crippen molar-refractivity contribution in [3.63, 3.8) is 0 Å². The lowest BCUT2D eigenvalue weighted by molar-refractivity contribution is -0.384. The summed E-state index contributed by atoms with van der Waals surface area (Å²) >= 11 is 0. The third-order valence-corrected chi connectivity index (χ3v) is 4.50. The van der Waals surface area contributed by atoms with Crippen LogP contribution in [0.15, 0.2) is 54.9 Å². The number of aromatic hydroxyl groups is 1. The number of phenols is 1. The van der Waals surface area contributed by atoms with Crippen molar-refractivity contribution in [2.45, 2.75) is 0 Å². The summed E-state index contributed by atoms with van der Waals surface area (Å²) < 4.78 is 6.80. The highest BCUT2D eigenvalue weighted by atomic mass is 16.6. The lowest BCUT2D eigenvalue weighted by atomic mass is 9.93. The summed E-state index contributed by atoms with van der Waals surface area (Å²) in [6.07, 6.45) is 5.00. The average molecular weight is 377 g/mol. The van der Waals surface area contributed by atoms with E-state index < -0.39 is 4.92 Å². The van der Waals surface area contributed by atoms with Crippen molar-refractivity contribution in [3.05, 3.63) is 70.5 Å². The summed E-state index contributed by atoms with van der Waals surface area (Å²) in [6.45, 7) is 0. The number of fused-ring (bicyclic) bond motifs is 1. The van der Waals surface area contributed by atoms with E-state index in [0.717, 1.165) is 0 Å². The minimum Gasteiger partial charge on any atom is -0.508 e. The second kappa shape index (κ2) is 6.58. The van der Waals surface area contributed by atoms with Crippen LogP contribution in [0.25, 0.3) is 22.9 Å². The number of nitrogens with one attached hydrogen (secondary N) is 1. The molecule has 1 aromatic heterocycles. The van der Waals surface area contributed by atoms with Gasteiger partial charge in [-0.2, -0.15) is 0 Å². The summed E-state index contributed by atoms with van der Waals surface area (Å²) in [5.74, 6) is 0.305. The van der Waals surface area contributed by atoms with Crippen molar-refractivity contribution in [1.29, 1.82) is 0 Å². The Hall–Kier alpha value is -4.07. The van der Waals surface area contributed by atoms with Crippen LogP contribution in [0, 0.1) is 10.1 Å². The molecular weight excluding hydrogens is 362 g/mol. The number of anilines is 1. The topological polar surface area (TPSA) is 107 Å². The van der Waals surface area contributed by atoms with E-state index in [4.69, 9.17) is 4.74 Å². The molecule has 8 nitrogen and oxygen atoms in total. The Labute approximate surface area is 159 Å². The lowest BCUT2D eigenvalue weighted by Crippen LogP contribution is -2.04. The van der Waals surface area contributed by atoms with Gasteiger partial charge in [-0.25, -0.2) is 0 Å². The number of amides is 1. The molecule has 140 valence electrons. The molecule has 2 heterocycles. The predicted molar refractivity (Wildman–Crippen MR) is 104 cm³/mol. The number of methoxy groups -OCH3 is 1. The minimum atomic E-state index is -0.485. The first kappa shape index (κ1) is 17.3. The molecule has 0 bridgehead atoms. The quantitative estimate of drug-likeness (QED) is 0.409. The van der Waals surface area contributed by atoms with E-state index in [0.29, 0.717) is 33.7 Å². The van der Waals surface area contributed by atoms with Gasteiger partial charge in [-0.3, -0.25) is 14.9 Å². The van der Waals surface area contributed by atoms with Crippen molar-refractivity contribution < 1.29 is 19.6 Å². The third kappa shape index (κ3) is 2.86. The molecule has 0 radical (unpaired) electrons. The molecule has 8 heteroatoms. The number of carbonyl (C=O) groups is 1. The monoisotopic (exact) mass is 377 g/mol. The first-order valence-corrected chi connectivity index (χ1v) is 8.33. The molecule has 0 fully saturated rings. The maximum Gasteiger partial charge on any atom is 0.277 e. The number of aromatic nitrogens is 1. The molecule has 0 unspecified atom stereocenters. The normalized spacial score (nSPS) is 14.0. The Kier molecular flexibility index (Phi) is 4.08. The van der Waals surface area contributed by atoms with Crippen LogP contribution in [0.2, 0.25) is 0 Å². The average Bonchev–Trinajstić information content (AvgIpc) is 3.26. The first-order chi connectivity index (χ1) is 13.5. The van der Waals surface area contributed by atoms with Gasteiger partial charge in [-0.15, -0.1) is 0 Å². The van der Waals surface area contributed by atoms with Crippen LogP contribution in [-0.2, 0) is 4.79 Å². The van der Waals surface area contributed by atoms with Gasteiger partial charge in [0.2, 0.25) is 0 Å². The number of benzene rings is 2. The predicted octanol–water partition coefficient (Wildman–Crippen LogP) is 3.73. The van der Waals surface area contributed by atoms with Crippen molar-refractivity contribution in [3.8, 4) is 22.6 Å². The lowest BCUT2D eigenvalue weighted by Gasteiger charge is -2.10. The zero-order valence-electron chi connectivity index (χ0n) is 14.7. The Bertz CT molecular complexity index is 1130. The molecule has 0 aliphatic carbocycles. The highest BCUT2D eigenvalue weighted by Gasteiger charge is 2.32.